The van der Waals surface area contributed by atoms with Gasteiger partial charge in [-0.05, 0) is 0 Å². The summed E-state index contributed by atoms with van der Waals surface area (Å²) in [6.07, 6.45) is 0. The van der Waals surface area contributed by atoms with E-state index in [4.69, 9.17) is 0 Å². The van der Waals surface area contributed by atoms with Crippen molar-refractivity contribution in [3.63, 3.8) is 0 Å². The summed E-state index contributed by atoms with van der Waals surface area (Å²) in [5, 5.41) is 0. The zero-order chi connectivity index (χ0) is 11.4. The van der Waals surface area contributed by atoms with E-state index < -0.39 is 0 Å². The molecule has 0 spiro atoms. The van der Waals surface area contributed by atoms with Gasteiger partial charge in [-0.3, -0.25) is 0 Å². The Bertz CT molecular complexity index is 126. The van der Waals surface area contributed by atoms with Gasteiger partial charge in [0.05, 0.1) is 26.7 Å². The van der Waals surface area contributed by atoms with E-state index in [1.54, 1.807) is 0 Å². The van der Waals surface area contributed by atoms with E-state index in [0.29, 0.717) is 0 Å². The SMILES string of the molecule is CC(C)C[N+](C)(CC(C)C)CC(C)C.[Cl-]. The third-order valence-electron chi connectivity index (χ3n) is 2.42. The van der Waals surface area contributed by atoms with Crippen LogP contribution in [0, 0.1) is 17.8 Å². The van der Waals surface area contributed by atoms with Crippen LogP contribution in [0.2, 0.25) is 0 Å². The Balaban J connectivity index is 0. The van der Waals surface area contributed by atoms with Gasteiger partial charge in [-0.25, -0.2) is 0 Å². The maximum Gasteiger partial charge on any atom is 0.0807 e. The lowest BCUT2D eigenvalue weighted by molar-refractivity contribution is -0.917. The third kappa shape index (κ3) is 9.19. The molecule has 0 N–H and O–H groups in total. The second-order valence-corrected chi connectivity index (χ2v) is 6.35. The lowest BCUT2D eigenvalue weighted by atomic mass is 10.1. The Morgan fingerprint density at radius 3 is 1.00 bits per heavy atom. The van der Waals surface area contributed by atoms with Crippen LogP contribution in [0.3, 0.4) is 0 Å². The predicted molar refractivity (Wildman–Crippen MR) is 65.3 cm³/mol. The first-order valence-electron chi connectivity index (χ1n) is 6.08. The van der Waals surface area contributed by atoms with Crippen LogP contribution in [-0.4, -0.2) is 31.2 Å². The molecule has 0 unspecified atom stereocenters. The fraction of sp³-hybridized carbons (Fsp3) is 1.00. The van der Waals surface area contributed by atoms with Crippen molar-refractivity contribution in [1.29, 1.82) is 0 Å². The van der Waals surface area contributed by atoms with Gasteiger partial charge in [-0.15, -0.1) is 0 Å². The quantitative estimate of drug-likeness (QED) is 0.585. The van der Waals surface area contributed by atoms with Crippen LogP contribution < -0.4 is 12.4 Å². The van der Waals surface area contributed by atoms with Crippen LogP contribution in [0.4, 0.5) is 0 Å². The molecule has 0 aromatic heterocycles. The molecule has 0 saturated carbocycles. The molecule has 2 heteroatoms. The maximum atomic E-state index is 2.42. The first-order chi connectivity index (χ1) is 6.25. The van der Waals surface area contributed by atoms with Crippen molar-refractivity contribution in [2.45, 2.75) is 41.5 Å². The molecular weight excluding hydrogens is 206 g/mol. The molecule has 0 heterocycles. The van der Waals surface area contributed by atoms with Crippen molar-refractivity contribution in [3.8, 4) is 0 Å². The fourth-order valence-corrected chi connectivity index (χ4v) is 2.87. The Morgan fingerprint density at radius 2 is 0.867 bits per heavy atom. The molecule has 0 bridgehead atoms. The summed E-state index contributed by atoms with van der Waals surface area (Å²) in [5.74, 6) is 2.41. The van der Waals surface area contributed by atoms with Crippen LogP contribution in [0.1, 0.15) is 41.5 Å². The first-order valence-corrected chi connectivity index (χ1v) is 6.08. The Labute approximate surface area is 103 Å². The van der Waals surface area contributed by atoms with E-state index in [1.165, 1.54) is 24.1 Å². The smallest absolute Gasteiger partial charge is 0.0807 e. The Kier molecular flexibility index (Phi) is 8.83. The minimum Gasteiger partial charge on any atom is -1.00 e. The molecule has 0 aromatic carbocycles. The molecule has 0 rings (SSSR count). The van der Waals surface area contributed by atoms with Crippen molar-refractivity contribution >= 4 is 0 Å². The second-order valence-electron chi connectivity index (χ2n) is 6.35. The van der Waals surface area contributed by atoms with E-state index in [9.17, 15) is 0 Å². The van der Waals surface area contributed by atoms with Crippen LogP contribution >= 0.6 is 0 Å². The molecule has 0 atom stereocenters. The predicted octanol–water partition coefficient (Wildman–Crippen LogP) is 0.405. The Morgan fingerprint density at radius 1 is 0.667 bits per heavy atom. The highest BCUT2D eigenvalue weighted by Gasteiger charge is 2.25. The van der Waals surface area contributed by atoms with Crippen molar-refractivity contribution < 1.29 is 16.9 Å². The summed E-state index contributed by atoms with van der Waals surface area (Å²) in [7, 11) is 2.42. The highest BCUT2D eigenvalue weighted by molar-refractivity contribution is 4.51. The van der Waals surface area contributed by atoms with E-state index in [0.717, 1.165) is 17.8 Å². The van der Waals surface area contributed by atoms with E-state index >= 15 is 0 Å². The third-order valence-corrected chi connectivity index (χ3v) is 2.42. The van der Waals surface area contributed by atoms with Crippen molar-refractivity contribution in [2.24, 2.45) is 17.8 Å². The van der Waals surface area contributed by atoms with Gasteiger partial charge >= 0.3 is 0 Å². The standard InChI is InChI=1S/C13H30N.ClH/c1-11(2)8-14(7,9-12(3)4)10-13(5)6;/h11-13H,8-10H2,1-7H3;1H/q+1;/p-1. The highest BCUT2D eigenvalue weighted by atomic mass is 35.5. The molecular formula is C13H30ClN. The van der Waals surface area contributed by atoms with Crippen LogP contribution in [0.15, 0.2) is 0 Å². The van der Waals surface area contributed by atoms with Gasteiger partial charge in [0.25, 0.3) is 0 Å². The number of hydrogen-bond donors (Lipinski definition) is 0. The van der Waals surface area contributed by atoms with Crippen LogP contribution in [0.5, 0.6) is 0 Å². The number of rotatable bonds is 6. The maximum absolute atomic E-state index is 2.42. The molecule has 15 heavy (non-hydrogen) atoms. The normalized spacial score (nSPS) is 12.4. The van der Waals surface area contributed by atoms with E-state index in [1.807, 2.05) is 0 Å². The molecule has 0 radical (unpaired) electrons. The molecule has 0 saturated heterocycles. The zero-order valence-electron chi connectivity index (χ0n) is 11.7. The van der Waals surface area contributed by atoms with E-state index in [-0.39, 0.29) is 12.4 Å². The monoisotopic (exact) mass is 235 g/mol. The number of halogens is 1. The first kappa shape index (κ1) is 17.6. The summed E-state index contributed by atoms with van der Waals surface area (Å²) in [4.78, 5) is 0. The van der Waals surface area contributed by atoms with Gasteiger partial charge < -0.3 is 16.9 Å². The van der Waals surface area contributed by atoms with Crippen molar-refractivity contribution in [3.05, 3.63) is 0 Å². The number of nitrogens with zero attached hydrogens (tertiary/aromatic N) is 1. The van der Waals surface area contributed by atoms with Crippen LogP contribution in [-0.2, 0) is 0 Å². The summed E-state index contributed by atoms with van der Waals surface area (Å²) >= 11 is 0. The fourth-order valence-electron chi connectivity index (χ4n) is 2.87. The van der Waals surface area contributed by atoms with Gasteiger partial charge in [0, 0.05) is 17.8 Å². The molecule has 0 fully saturated rings. The van der Waals surface area contributed by atoms with Gasteiger partial charge in [-0.1, -0.05) is 41.5 Å². The minimum absolute atomic E-state index is 0. The van der Waals surface area contributed by atoms with Gasteiger partial charge in [0.2, 0.25) is 0 Å². The summed E-state index contributed by atoms with van der Waals surface area (Å²) < 4.78 is 1.24. The zero-order valence-corrected chi connectivity index (χ0v) is 12.4. The number of quaternary nitrogens is 1. The molecule has 0 aliphatic heterocycles. The average molecular weight is 236 g/mol. The van der Waals surface area contributed by atoms with Gasteiger partial charge in [-0.2, -0.15) is 0 Å². The van der Waals surface area contributed by atoms with Gasteiger partial charge in [0.1, 0.15) is 0 Å². The lowest BCUT2D eigenvalue weighted by Crippen LogP contribution is -3.00. The van der Waals surface area contributed by atoms with Gasteiger partial charge in [0.15, 0.2) is 0 Å². The van der Waals surface area contributed by atoms with Crippen LogP contribution in [0.25, 0.3) is 0 Å². The second kappa shape index (κ2) is 7.51. The molecule has 0 amide bonds. The Hall–Kier alpha value is 0.250. The molecule has 94 valence electrons. The molecule has 0 aromatic rings. The average Bonchev–Trinajstić information content (AvgIpc) is 1.76. The molecule has 0 aliphatic rings. The minimum atomic E-state index is 0. The lowest BCUT2D eigenvalue weighted by Gasteiger charge is -2.39. The highest BCUT2D eigenvalue weighted by Crippen LogP contribution is 2.15. The summed E-state index contributed by atoms with van der Waals surface area (Å²) in [5.41, 5.74) is 0. The van der Waals surface area contributed by atoms with E-state index in [2.05, 4.69) is 48.6 Å². The number of hydrogen-bond acceptors (Lipinski definition) is 0. The van der Waals surface area contributed by atoms with Crippen molar-refractivity contribution in [1.82, 2.24) is 0 Å². The largest absolute Gasteiger partial charge is 1.00 e. The molecule has 1 nitrogen and oxygen atoms in total. The van der Waals surface area contributed by atoms with Crippen molar-refractivity contribution in [2.75, 3.05) is 26.7 Å². The summed E-state index contributed by atoms with van der Waals surface area (Å²) in [6, 6.07) is 0. The summed E-state index contributed by atoms with van der Waals surface area (Å²) in [6.45, 7) is 17.9. The molecule has 0 aliphatic carbocycles. The topological polar surface area (TPSA) is 0 Å².